The minimum atomic E-state index is -4.22. The van der Waals surface area contributed by atoms with Crippen molar-refractivity contribution < 1.29 is 26.4 Å². The van der Waals surface area contributed by atoms with Gasteiger partial charge in [-0.25, -0.2) is 21.6 Å². The summed E-state index contributed by atoms with van der Waals surface area (Å²) < 4.78 is 68.9. The summed E-state index contributed by atoms with van der Waals surface area (Å²) in [6.07, 6.45) is 0.235. The molecule has 0 bridgehead atoms. The highest BCUT2D eigenvalue weighted by molar-refractivity contribution is 7.89. The number of carbonyl (C=O) groups is 1. The zero-order valence-corrected chi connectivity index (χ0v) is 19.8. The maximum Gasteiger partial charge on any atom is 0.260 e. The van der Waals surface area contributed by atoms with E-state index in [1.807, 2.05) is 13.8 Å². The molecule has 1 aromatic heterocycles. The van der Waals surface area contributed by atoms with Crippen LogP contribution in [0, 0.1) is 17.5 Å². The average Bonchev–Trinajstić information content (AvgIpc) is 3.18. The van der Waals surface area contributed by atoms with E-state index in [0.717, 1.165) is 16.4 Å². The number of anilines is 1. The molecule has 186 valence electrons. The summed E-state index contributed by atoms with van der Waals surface area (Å²) in [5, 5.41) is 12.6. The third kappa shape index (κ3) is 5.24. The molecular weight excluding hydrogens is 483 g/mol. The van der Waals surface area contributed by atoms with Crippen LogP contribution in [0.15, 0.2) is 41.3 Å². The van der Waals surface area contributed by atoms with Gasteiger partial charge in [0.05, 0.1) is 10.5 Å². The Morgan fingerprint density at radius 1 is 1.17 bits per heavy atom. The Balaban J connectivity index is 1.59. The molecule has 0 saturated carbocycles. The van der Waals surface area contributed by atoms with Gasteiger partial charge in [-0.1, -0.05) is 26.0 Å². The van der Waals surface area contributed by atoms with Gasteiger partial charge in [-0.15, -0.1) is 0 Å². The van der Waals surface area contributed by atoms with Crippen molar-refractivity contribution in [2.75, 3.05) is 11.9 Å². The number of H-pyrrole nitrogens is 1. The van der Waals surface area contributed by atoms with Crippen LogP contribution in [-0.4, -0.2) is 41.4 Å². The van der Waals surface area contributed by atoms with E-state index in [2.05, 4.69) is 20.8 Å². The minimum Gasteiger partial charge on any atom is -0.310 e. The molecule has 4 rings (SSSR count). The van der Waals surface area contributed by atoms with Crippen molar-refractivity contribution in [3.05, 3.63) is 76.2 Å². The first-order chi connectivity index (χ1) is 16.6. The van der Waals surface area contributed by atoms with Crippen LogP contribution in [-0.2, 0) is 29.5 Å². The number of amides is 1. The predicted octanol–water partition coefficient (Wildman–Crippen LogP) is 3.32. The van der Waals surface area contributed by atoms with Crippen molar-refractivity contribution in [3.8, 4) is 0 Å². The van der Waals surface area contributed by atoms with Gasteiger partial charge < -0.3 is 10.6 Å². The Labute approximate surface area is 200 Å². The van der Waals surface area contributed by atoms with Gasteiger partial charge in [0.1, 0.15) is 17.5 Å². The maximum atomic E-state index is 14.6. The number of benzene rings is 2. The van der Waals surface area contributed by atoms with Crippen LogP contribution in [0.2, 0.25) is 0 Å². The fraction of sp³-hybridized carbons (Fsp3) is 0.304. The molecule has 2 heterocycles. The molecule has 12 heteroatoms. The van der Waals surface area contributed by atoms with Gasteiger partial charge in [-0.05, 0) is 23.8 Å². The van der Waals surface area contributed by atoms with E-state index in [-0.39, 0.29) is 43.5 Å². The number of halogens is 3. The van der Waals surface area contributed by atoms with Gasteiger partial charge >= 0.3 is 0 Å². The van der Waals surface area contributed by atoms with E-state index < -0.39 is 38.3 Å². The zero-order chi connectivity index (χ0) is 25.3. The SMILES string of the molecule is CC(C)NCc1cccc(F)c1C(=O)Nc1n[nH]c2c1CN(S(=O)(=O)c1cc(F)cc(F)c1)CC2. The molecule has 0 atom stereocenters. The number of hydrogen-bond donors (Lipinski definition) is 3. The topological polar surface area (TPSA) is 107 Å². The third-order valence-corrected chi connectivity index (χ3v) is 7.45. The summed E-state index contributed by atoms with van der Waals surface area (Å²) in [5.41, 5.74) is 1.31. The molecule has 3 N–H and O–H groups in total. The molecule has 0 spiro atoms. The Kier molecular flexibility index (Phi) is 6.97. The number of sulfonamides is 1. The highest BCUT2D eigenvalue weighted by Crippen LogP contribution is 2.29. The van der Waals surface area contributed by atoms with Crippen LogP contribution in [0.5, 0.6) is 0 Å². The lowest BCUT2D eigenvalue weighted by atomic mass is 10.0. The zero-order valence-electron chi connectivity index (χ0n) is 19.0. The van der Waals surface area contributed by atoms with Crippen molar-refractivity contribution in [2.45, 2.75) is 44.3 Å². The number of carbonyl (C=O) groups excluding carboxylic acids is 1. The van der Waals surface area contributed by atoms with Crippen LogP contribution in [0.4, 0.5) is 19.0 Å². The second-order valence-corrected chi connectivity index (χ2v) is 10.4. The normalized spacial score (nSPS) is 14.2. The van der Waals surface area contributed by atoms with Crippen LogP contribution in [0.3, 0.4) is 0 Å². The van der Waals surface area contributed by atoms with E-state index in [0.29, 0.717) is 22.9 Å². The second kappa shape index (κ2) is 9.80. The standard InChI is InChI=1S/C23H24F3N5O3S/c1-13(2)27-11-14-4-3-5-19(26)21(14)23(32)28-22-18-12-31(7-6-20(18)29-30-22)35(33,34)17-9-15(24)8-16(25)10-17/h3-5,8-10,13,27H,6-7,11-12H2,1-2H3,(H2,28,29,30,32). The van der Waals surface area contributed by atoms with E-state index in [9.17, 15) is 26.4 Å². The van der Waals surface area contributed by atoms with E-state index in [4.69, 9.17) is 0 Å². The van der Waals surface area contributed by atoms with Gasteiger partial charge in [-0.2, -0.15) is 9.40 Å². The monoisotopic (exact) mass is 507 g/mol. The van der Waals surface area contributed by atoms with Gasteiger partial charge in [0.25, 0.3) is 5.91 Å². The van der Waals surface area contributed by atoms with Crippen molar-refractivity contribution >= 4 is 21.7 Å². The summed E-state index contributed by atoms with van der Waals surface area (Å²) in [5.74, 6) is -3.39. The van der Waals surface area contributed by atoms with E-state index in [1.54, 1.807) is 6.07 Å². The quantitative estimate of drug-likeness (QED) is 0.455. The average molecular weight is 508 g/mol. The number of rotatable bonds is 7. The van der Waals surface area contributed by atoms with Gasteiger partial charge in [0, 0.05) is 49.4 Å². The summed E-state index contributed by atoms with van der Waals surface area (Å²) in [7, 11) is -4.22. The van der Waals surface area contributed by atoms with Crippen molar-refractivity contribution in [1.82, 2.24) is 19.8 Å². The number of fused-ring (bicyclic) bond motifs is 1. The fourth-order valence-electron chi connectivity index (χ4n) is 3.86. The Morgan fingerprint density at radius 3 is 2.57 bits per heavy atom. The number of hydrogen-bond acceptors (Lipinski definition) is 5. The van der Waals surface area contributed by atoms with E-state index in [1.165, 1.54) is 12.1 Å². The molecule has 35 heavy (non-hydrogen) atoms. The smallest absolute Gasteiger partial charge is 0.260 e. The van der Waals surface area contributed by atoms with E-state index >= 15 is 0 Å². The largest absolute Gasteiger partial charge is 0.310 e. The first-order valence-corrected chi connectivity index (χ1v) is 12.3. The fourth-order valence-corrected chi connectivity index (χ4v) is 5.31. The highest BCUT2D eigenvalue weighted by atomic mass is 32.2. The lowest BCUT2D eigenvalue weighted by molar-refractivity contribution is 0.102. The molecule has 3 aromatic rings. The van der Waals surface area contributed by atoms with Crippen molar-refractivity contribution in [3.63, 3.8) is 0 Å². The number of nitrogens with zero attached hydrogens (tertiary/aromatic N) is 2. The molecular formula is C23H24F3N5O3S. The van der Waals surface area contributed by atoms with Crippen LogP contribution < -0.4 is 10.6 Å². The highest BCUT2D eigenvalue weighted by Gasteiger charge is 2.32. The molecule has 0 unspecified atom stereocenters. The molecule has 0 saturated heterocycles. The minimum absolute atomic E-state index is 0.0430. The summed E-state index contributed by atoms with van der Waals surface area (Å²) in [4.78, 5) is 12.5. The molecule has 1 aliphatic rings. The number of aromatic nitrogens is 2. The molecule has 0 aliphatic carbocycles. The lowest BCUT2D eigenvalue weighted by Crippen LogP contribution is -2.36. The predicted molar refractivity (Wildman–Crippen MR) is 123 cm³/mol. The lowest BCUT2D eigenvalue weighted by Gasteiger charge is -2.26. The molecule has 1 amide bonds. The Hall–Kier alpha value is -3.22. The van der Waals surface area contributed by atoms with Crippen LogP contribution in [0.1, 0.15) is 41.0 Å². The third-order valence-electron chi connectivity index (χ3n) is 5.63. The van der Waals surface area contributed by atoms with Gasteiger partial charge in [0.2, 0.25) is 10.0 Å². The second-order valence-electron chi connectivity index (χ2n) is 8.49. The molecule has 8 nitrogen and oxygen atoms in total. The first-order valence-electron chi connectivity index (χ1n) is 10.9. The summed E-state index contributed by atoms with van der Waals surface area (Å²) >= 11 is 0. The summed E-state index contributed by atoms with van der Waals surface area (Å²) in [6, 6.07) is 6.53. The van der Waals surface area contributed by atoms with Gasteiger partial charge in [-0.3, -0.25) is 9.89 Å². The molecule has 0 radical (unpaired) electrons. The first kappa shape index (κ1) is 24.9. The van der Waals surface area contributed by atoms with Crippen LogP contribution >= 0.6 is 0 Å². The Bertz CT molecular complexity index is 1350. The van der Waals surface area contributed by atoms with Crippen LogP contribution in [0.25, 0.3) is 0 Å². The molecule has 0 fully saturated rings. The maximum absolute atomic E-state index is 14.6. The van der Waals surface area contributed by atoms with Crippen molar-refractivity contribution in [1.29, 1.82) is 0 Å². The van der Waals surface area contributed by atoms with Gasteiger partial charge in [0.15, 0.2) is 5.82 Å². The number of aromatic amines is 1. The molecule has 1 aliphatic heterocycles. The number of nitrogens with one attached hydrogen (secondary N) is 3. The molecule has 2 aromatic carbocycles. The Morgan fingerprint density at radius 2 is 1.89 bits per heavy atom. The summed E-state index contributed by atoms with van der Waals surface area (Å²) in [6.45, 7) is 3.97. The van der Waals surface area contributed by atoms with Crippen molar-refractivity contribution in [2.24, 2.45) is 0 Å².